The summed E-state index contributed by atoms with van der Waals surface area (Å²) < 4.78 is 5.49. The summed E-state index contributed by atoms with van der Waals surface area (Å²) in [4.78, 5) is 18.2. The standard InChI is InChI=1S/C22H25N3O2/c26-22(14-18-15-23-20-9-5-4-8-19(18)20)24-16-21(17-6-2-1-3-7-17)25-10-12-27-13-11-25/h1-9,15,21,23H,10-14,16H2,(H,24,26). The number of ether oxygens (including phenoxy) is 1. The molecule has 1 unspecified atom stereocenters. The fourth-order valence-electron chi connectivity index (χ4n) is 3.75. The molecule has 1 aliphatic rings. The summed E-state index contributed by atoms with van der Waals surface area (Å²) in [5.41, 5.74) is 3.33. The Morgan fingerprint density at radius 1 is 1.07 bits per heavy atom. The molecule has 1 aromatic heterocycles. The number of rotatable bonds is 6. The summed E-state index contributed by atoms with van der Waals surface area (Å²) in [7, 11) is 0. The first-order valence-corrected chi connectivity index (χ1v) is 9.50. The minimum absolute atomic E-state index is 0.0499. The third-order valence-corrected chi connectivity index (χ3v) is 5.19. The van der Waals surface area contributed by atoms with Crippen molar-refractivity contribution in [1.82, 2.24) is 15.2 Å². The van der Waals surface area contributed by atoms with E-state index in [1.807, 2.05) is 30.5 Å². The molecular weight excluding hydrogens is 338 g/mol. The van der Waals surface area contributed by atoms with E-state index in [-0.39, 0.29) is 11.9 Å². The summed E-state index contributed by atoms with van der Waals surface area (Å²) in [6.07, 6.45) is 2.32. The molecule has 4 rings (SSSR count). The second-order valence-corrected chi connectivity index (χ2v) is 6.92. The molecule has 1 atom stereocenters. The Kier molecular flexibility index (Phi) is 5.51. The summed E-state index contributed by atoms with van der Waals surface area (Å²) in [5, 5.41) is 4.26. The molecule has 3 aromatic rings. The summed E-state index contributed by atoms with van der Waals surface area (Å²) in [6.45, 7) is 3.86. The molecule has 27 heavy (non-hydrogen) atoms. The number of fused-ring (bicyclic) bond motifs is 1. The predicted molar refractivity (Wildman–Crippen MR) is 107 cm³/mol. The van der Waals surface area contributed by atoms with E-state index < -0.39 is 0 Å². The van der Waals surface area contributed by atoms with Crippen molar-refractivity contribution in [1.29, 1.82) is 0 Å². The van der Waals surface area contributed by atoms with Crippen molar-refractivity contribution in [3.8, 4) is 0 Å². The van der Waals surface area contributed by atoms with Gasteiger partial charge in [-0.3, -0.25) is 9.69 Å². The van der Waals surface area contributed by atoms with Crippen LogP contribution in [0.3, 0.4) is 0 Å². The molecule has 0 bridgehead atoms. The summed E-state index contributed by atoms with van der Waals surface area (Å²) >= 11 is 0. The van der Waals surface area contributed by atoms with Crippen molar-refractivity contribution >= 4 is 16.8 Å². The van der Waals surface area contributed by atoms with Crippen LogP contribution in [0.2, 0.25) is 0 Å². The van der Waals surface area contributed by atoms with Gasteiger partial charge in [0.2, 0.25) is 5.91 Å². The number of hydrogen-bond donors (Lipinski definition) is 2. The molecule has 5 heteroatoms. The van der Waals surface area contributed by atoms with Gasteiger partial charge in [-0.1, -0.05) is 48.5 Å². The summed E-state index contributed by atoms with van der Waals surface area (Å²) in [6, 6.07) is 18.6. The maximum atomic E-state index is 12.6. The first-order chi connectivity index (χ1) is 13.3. The van der Waals surface area contributed by atoms with Crippen LogP contribution in [-0.4, -0.2) is 48.6 Å². The number of carbonyl (C=O) groups is 1. The minimum Gasteiger partial charge on any atom is -0.379 e. The van der Waals surface area contributed by atoms with Crippen LogP contribution in [0.25, 0.3) is 10.9 Å². The number of hydrogen-bond acceptors (Lipinski definition) is 3. The first kappa shape index (κ1) is 17.8. The zero-order chi connectivity index (χ0) is 18.5. The van der Waals surface area contributed by atoms with Crippen LogP contribution in [0.5, 0.6) is 0 Å². The predicted octanol–water partition coefficient (Wildman–Crippen LogP) is 2.90. The Balaban J connectivity index is 1.43. The van der Waals surface area contributed by atoms with Crippen LogP contribution >= 0.6 is 0 Å². The van der Waals surface area contributed by atoms with Gasteiger partial charge in [0.05, 0.1) is 25.7 Å². The van der Waals surface area contributed by atoms with Crippen LogP contribution < -0.4 is 5.32 Å². The van der Waals surface area contributed by atoms with Gasteiger partial charge in [0.25, 0.3) is 0 Å². The smallest absolute Gasteiger partial charge is 0.224 e. The lowest BCUT2D eigenvalue weighted by Gasteiger charge is -2.35. The van der Waals surface area contributed by atoms with E-state index in [1.54, 1.807) is 0 Å². The van der Waals surface area contributed by atoms with E-state index in [1.165, 1.54) is 5.56 Å². The molecule has 0 saturated carbocycles. The number of para-hydroxylation sites is 1. The van der Waals surface area contributed by atoms with E-state index in [4.69, 9.17) is 4.74 Å². The SMILES string of the molecule is O=C(Cc1c[nH]c2ccccc12)NCC(c1ccccc1)N1CCOCC1. The molecule has 0 aliphatic carbocycles. The van der Waals surface area contributed by atoms with E-state index in [0.717, 1.165) is 42.8 Å². The minimum atomic E-state index is 0.0499. The molecule has 1 aliphatic heterocycles. The Bertz CT molecular complexity index is 885. The molecule has 2 N–H and O–H groups in total. The maximum absolute atomic E-state index is 12.6. The van der Waals surface area contributed by atoms with E-state index in [0.29, 0.717) is 13.0 Å². The fraction of sp³-hybridized carbons (Fsp3) is 0.318. The van der Waals surface area contributed by atoms with Crippen molar-refractivity contribution in [2.75, 3.05) is 32.8 Å². The number of benzene rings is 2. The van der Waals surface area contributed by atoms with Gasteiger partial charge in [-0.05, 0) is 17.2 Å². The molecule has 1 amide bonds. The zero-order valence-electron chi connectivity index (χ0n) is 15.4. The third kappa shape index (κ3) is 4.21. The van der Waals surface area contributed by atoms with Crippen molar-refractivity contribution in [2.24, 2.45) is 0 Å². The van der Waals surface area contributed by atoms with Crippen LogP contribution in [-0.2, 0) is 16.0 Å². The van der Waals surface area contributed by atoms with Gasteiger partial charge in [-0.25, -0.2) is 0 Å². The highest BCUT2D eigenvalue weighted by Crippen LogP contribution is 2.22. The van der Waals surface area contributed by atoms with Crippen molar-refractivity contribution in [3.63, 3.8) is 0 Å². The fourth-order valence-corrected chi connectivity index (χ4v) is 3.75. The van der Waals surface area contributed by atoms with Gasteiger partial charge in [0.1, 0.15) is 0 Å². The van der Waals surface area contributed by atoms with Gasteiger partial charge in [0.15, 0.2) is 0 Å². The maximum Gasteiger partial charge on any atom is 0.224 e. The van der Waals surface area contributed by atoms with Crippen molar-refractivity contribution in [3.05, 3.63) is 71.9 Å². The highest BCUT2D eigenvalue weighted by Gasteiger charge is 2.23. The highest BCUT2D eigenvalue weighted by atomic mass is 16.5. The topological polar surface area (TPSA) is 57.4 Å². The highest BCUT2D eigenvalue weighted by molar-refractivity contribution is 5.88. The average molecular weight is 363 g/mol. The number of nitrogens with one attached hydrogen (secondary N) is 2. The molecule has 140 valence electrons. The Labute approximate surface area is 159 Å². The lowest BCUT2D eigenvalue weighted by Crippen LogP contribution is -2.44. The Morgan fingerprint density at radius 3 is 2.63 bits per heavy atom. The zero-order valence-corrected chi connectivity index (χ0v) is 15.4. The van der Waals surface area contributed by atoms with E-state index >= 15 is 0 Å². The molecular formula is C22H25N3O2. The number of morpholine rings is 1. The lowest BCUT2D eigenvalue weighted by molar-refractivity contribution is -0.120. The number of carbonyl (C=O) groups excluding carboxylic acids is 1. The number of nitrogens with zero attached hydrogens (tertiary/aromatic N) is 1. The van der Waals surface area contributed by atoms with Gasteiger partial charge < -0.3 is 15.0 Å². The molecule has 1 fully saturated rings. The second-order valence-electron chi connectivity index (χ2n) is 6.92. The number of amides is 1. The van der Waals surface area contributed by atoms with Gasteiger partial charge in [-0.2, -0.15) is 0 Å². The normalized spacial score (nSPS) is 16.3. The Morgan fingerprint density at radius 2 is 1.81 bits per heavy atom. The third-order valence-electron chi connectivity index (χ3n) is 5.19. The average Bonchev–Trinajstić information content (AvgIpc) is 3.13. The van der Waals surface area contributed by atoms with Crippen molar-refractivity contribution < 1.29 is 9.53 Å². The molecule has 0 spiro atoms. The Hall–Kier alpha value is -2.63. The van der Waals surface area contributed by atoms with Crippen molar-refractivity contribution in [2.45, 2.75) is 12.5 Å². The van der Waals surface area contributed by atoms with Gasteiger partial charge >= 0.3 is 0 Å². The number of aromatic nitrogens is 1. The largest absolute Gasteiger partial charge is 0.379 e. The lowest BCUT2D eigenvalue weighted by atomic mass is 10.0. The molecule has 0 radical (unpaired) electrons. The number of aromatic amines is 1. The van der Waals surface area contributed by atoms with Crippen LogP contribution in [0.1, 0.15) is 17.2 Å². The second kappa shape index (κ2) is 8.37. The van der Waals surface area contributed by atoms with Crippen LogP contribution in [0, 0.1) is 0 Å². The van der Waals surface area contributed by atoms with Crippen LogP contribution in [0.15, 0.2) is 60.8 Å². The molecule has 1 saturated heterocycles. The first-order valence-electron chi connectivity index (χ1n) is 9.50. The summed E-state index contributed by atoms with van der Waals surface area (Å²) in [5.74, 6) is 0.0499. The van der Waals surface area contributed by atoms with Gasteiger partial charge in [-0.15, -0.1) is 0 Å². The number of H-pyrrole nitrogens is 1. The van der Waals surface area contributed by atoms with Crippen LogP contribution in [0.4, 0.5) is 0 Å². The van der Waals surface area contributed by atoms with Gasteiger partial charge in [0, 0.05) is 36.7 Å². The monoisotopic (exact) mass is 363 g/mol. The van der Waals surface area contributed by atoms with E-state index in [2.05, 4.69) is 45.5 Å². The molecule has 2 heterocycles. The molecule has 2 aromatic carbocycles. The quantitative estimate of drug-likeness (QED) is 0.708. The van der Waals surface area contributed by atoms with E-state index in [9.17, 15) is 4.79 Å². The molecule has 5 nitrogen and oxygen atoms in total.